The number of aryl methyl sites for hydroxylation is 1. The average molecular weight is 460 g/mol. The van der Waals surface area contributed by atoms with Crippen LogP contribution >= 0.6 is 0 Å². The van der Waals surface area contributed by atoms with Gasteiger partial charge in [-0.2, -0.15) is 0 Å². The van der Waals surface area contributed by atoms with Crippen LogP contribution in [0, 0.1) is 0 Å². The molecule has 0 saturated carbocycles. The Morgan fingerprint density at radius 1 is 0.853 bits per heavy atom. The number of carbonyl (C=O) groups excluding carboxylic acids is 1. The summed E-state index contributed by atoms with van der Waals surface area (Å²) in [6, 6.07) is 27.5. The lowest BCUT2D eigenvalue weighted by Gasteiger charge is -2.39. The Bertz CT molecular complexity index is 1020. The van der Waals surface area contributed by atoms with Crippen LogP contribution in [0.25, 0.3) is 0 Å². The monoisotopic (exact) mass is 459 g/mol. The zero-order valence-corrected chi connectivity index (χ0v) is 21.0. The summed E-state index contributed by atoms with van der Waals surface area (Å²) in [4.78, 5) is 14.8. The summed E-state index contributed by atoms with van der Waals surface area (Å²) in [7, 11) is 1.41. The van der Waals surface area contributed by atoms with Crippen molar-refractivity contribution in [3.05, 3.63) is 101 Å². The molecule has 180 valence electrons. The Hall–Kier alpha value is -3.11. The summed E-state index contributed by atoms with van der Waals surface area (Å²) < 4.78 is 11.2. The van der Waals surface area contributed by atoms with Gasteiger partial charge >= 0.3 is 5.97 Å². The fourth-order valence-electron chi connectivity index (χ4n) is 4.67. The highest BCUT2D eigenvalue weighted by molar-refractivity contribution is 5.89. The fourth-order valence-corrected chi connectivity index (χ4v) is 4.67. The van der Waals surface area contributed by atoms with E-state index in [2.05, 4.69) is 75.1 Å². The molecule has 0 heterocycles. The molecule has 0 fully saturated rings. The van der Waals surface area contributed by atoms with Gasteiger partial charge in [0.25, 0.3) is 0 Å². The highest BCUT2D eigenvalue weighted by Gasteiger charge is 2.25. The van der Waals surface area contributed by atoms with Crippen molar-refractivity contribution in [2.45, 2.75) is 65.3 Å². The van der Waals surface area contributed by atoms with E-state index in [1.807, 2.05) is 30.3 Å². The van der Waals surface area contributed by atoms with Crippen molar-refractivity contribution in [3.63, 3.8) is 0 Å². The molecule has 3 rings (SSSR count). The van der Waals surface area contributed by atoms with Gasteiger partial charge in [0.05, 0.1) is 12.7 Å². The summed E-state index contributed by atoms with van der Waals surface area (Å²) in [6.07, 6.45) is 1.69. The maximum atomic E-state index is 12.2. The van der Waals surface area contributed by atoms with E-state index < -0.39 is 0 Å². The van der Waals surface area contributed by atoms with Gasteiger partial charge in [-0.05, 0) is 75.4 Å². The molecule has 0 bridgehead atoms. The molecule has 0 aliphatic carbocycles. The number of ether oxygens (including phenoxy) is 2. The van der Waals surface area contributed by atoms with Gasteiger partial charge in [-0.1, -0.05) is 60.7 Å². The number of rotatable bonds is 11. The fraction of sp³-hybridized carbons (Fsp3) is 0.367. The SMILES string of the molecule is COC(=O)c1ccc(OCc2ccccc2)c(CCC(c2ccccc2)N(C(C)C)C(C)C)c1. The summed E-state index contributed by atoms with van der Waals surface area (Å²) in [6.45, 7) is 9.49. The van der Waals surface area contributed by atoms with E-state index in [0.717, 1.165) is 29.7 Å². The second-order valence-corrected chi connectivity index (χ2v) is 9.19. The number of esters is 1. The van der Waals surface area contributed by atoms with Gasteiger partial charge in [0.2, 0.25) is 0 Å². The maximum absolute atomic E-state index is 12.2. The summed E-state index contributed by atoms with van der Waals surface area (Å²) in [5.41, 5.74) is 3.98. The molecule has 4 heteroatoms. The van der Waals surface area contributed by atoms with Gasteiger partial charge in [-0.3, -0.25) is 4.90 Å². The van der Waals surface area contributed by atoms with E-state index in [0.29, 0.717) is 24.3 Å². The van der Waals surface area contributed by atoms with Gasteiger partial charge in [0.15, 0.2) is 0 Å². The Labute approximate surface area is 204 Å². The van der Waals surface area contributed by atoms with Gasteiger partial charge in [0, 0.05) is 18.1 Å². The standard InChI is InChI=1S/C30H37NO3/c1-22(2)31(23(3)4)28(25-14-10-7-11-15-25)18-16-26-20-27(30(32)33-5)17-19-29(26)34-21-24-12-8-6-9-13-24/h6-15,17,19-20,22-23,28H,16,18,21H2,1-5H3. The van der Waals surface area contributed by atoms with Crippen molar-refractivity contribution in [2.24, 2.45) is 0 Å². The molecule has 34 heavy (non-hydrogen) atoms. The van der Waals surface area contributed by atoms with Crippen LogP contribution in [0.2, 0.25) is 0 Å². The van der Waals surface area contributed by atoms with Gasteiger partial charge < -0.3 is 9.47 Å². The predicted octanol–water partition coefficient (Wildman–Crippen LogP) is 6.84. The lowest BCUT2D eigenvalue weighted by molar-refractivity contribution is 0.0600. The Morgan fingerprint density at radius 3 is 2.06 bits per heavy atom. The van der Waals surface area contributed by atoms with Crippen molar-refractivity contribution in [3.8, 4) is 5.75 Å². The van der Waals surface area contributed by atoms with Crippen LogP contribution in [0.4, 0.5) is 0 Å². The molecule has 1 atom stereocenters. The third-order valence-corrected chi connectivity index (χ3v) is 6.14. The van der Waals surface area contributed by atoms with Crippen molar-refractivity contribution in [2.75, 3.05) is 7.11 Å². The Kier molecular flexibility index (Phi) is 9.29. The van der Waals surface area contributed by atoms with Crippen LogP contribution < -0.4 is 4.74 Å². The first-order valence-electron chi connectivity index (χ1n) is 12.1. The molecule has 0 saturated heterocycles. The number of carbonyl (C=O) groups is 1. The Balaban J connectivity index is 1.89. The van der Waals surface area contributed by atoms with E-state index in [-0.39, 0.29) is 12.0 Å². The van der Waals surface area contributed by atoms with Crippen molar-refractivity contribution < 1.29 is 14.3 Å². The molecular weight excluding hydrogens is 422 g/mol. The second kappa shape index (κ2) is 12.4. The van der Waals surface area contributed by atoms with Gasteiger partial charge in [-0.25, -0.2) is 4.79 Å². The first kappa shape index (κ1) is 25.5. The van der Waals surface area contributed by atoms with E-state index in [1.165, 1.54) is 12.7 Å². The highest BCUT2D eigenvalue weighted by atomic mass is 16.5. The minimum Gasteiger partial charge on any atom is -0.489 e. The van der Waals surface area contributed by atoms with E-state index >= 15 is 0 Å². The van der Waals surface area contributed by atoms with Crippen LogP contribution in [0.15, 0.2) is 78.9 Å². The van der Waals surface area contributed by atoms with Crippen molar-refractivity contribution in [1.29, 1.82) is 0 Å². The first-order chi connectivity index (χ1) is 16.4. The molecule has 3 aromatic carbocycles. The lowest BCUT2D eigenvalue weighted by atomic mass is 9.94. The highest BCUT2D eigenvalue weighted by Crippen LogP contribution is 2.32. The van der Waals surface area contributed by atoms with E-state index in [4.69, 9.17) is 9.47 Å². The molecule has 0 amide bonds. The topological polar surface area (TPSA) is 38.8 Å². The Morgan fingerprint density at radius 2 is 1.47 bits per heavy atom. The lowest BCUT2D eigenvalue weighted by Crippen LogP contribution is -2.40. The van der Waals surface area contributed by atoms with Crippen LogP contribution in [0.5, 0.6) is 5.75 Å². The molecule has 0 aromatic heterocycles. The van der Waals surface area contributed by atoms with Crippen molar-refractivity contribution >= 4 is 5.97 Å². The minimum absolute atomic E-state index is 0.255. The number of benzene rings is 3. The average Bonchev–Trinajstić information content (AvgIpc) is 2.85. The zero-order chi connectivity index (χ0) is 24.5. The molecule has 0 aliphatic rings. The number of methoxy groups -OCH3 is 1. The number of nitrogens with zero attached hydrogens (tertiary/aromatic N) is 1. The van der Waals surface area contributed by atoms with Crippen LogP contribution in [0.3, 0.4) is 0 Å². The number of hydrogen-bond acceptors (Lipinski definition) is 4. The van der Waals surface area contributed by atoms with E-state index in [9.17, 15) is 4.79 Å². The summed E-state index contributed by atoms with van der Waals surface area (Å²) in [5.74, 6) is 0.477. The number of hydrogen-bond donors (Lipinski definition) is 0. The molecule has 4 nitrogen and oxygen atoms in total. The van der Waals surface area contributed by atoms with Crippen LogP contribution in [-0.2, 0) is 17.8 Å². The second-order valence-electron chi connectivity index (χ2n) is 9.19. The van der Waals surface area contributed by atoms with Crippen LogP contribution in [-0.4, -0.2) is 30.1 Å². The van der Waals surface area contributed by atoms with Crippen LogP contribution in [0.1, 0.15) is 67.2 Å². The summed E-state index contributed by atoms with van der Waals surface area (Å²) >= 11 is 0. The van der Waals surface area contributed by atoms with Gasteiger partial charge in [0.1, 0.15) is 12.4 Å². The molecule has 0 N–H and O–H groups in total. The van der Waals surface area contributed by atoms with E-state index in [1.54, 1.807) is 6.07 Å². The molecular formula is C30H37NO3. The summed E-state index contributed by atoms with van der Waals surface area (Å²) in [5, 5.41) is 0. The molecule has 0 spiro atoms. The van der Waals surface area contributed by atoms with Crippen molar-refractivity contribution in [1.82, 2.24) is 4.90 Å². The molecule has 1 unspecified atom stereocenters. The largest absolute Gasteiger partial charge is 0.489 e. The van der Waals surface area contributed by atoms with Gasteiger partial charge in [-0.15, -0.1) is 0 Å². The normalized spacial score (nSPS) is 12.2. The third kappa shape index (κ3) is 6.71. The third-order valence-electron chi connectivity index (χ3n) is 6.14. The quantitative estimate of drug-likeness (QED) is 0.294. The maximum Gasteiger partial charge on any atom is 0.337 e. The first-order valence-corrected chi connectivity index (χ1v) is 12.1. The molecule has 0 aliphatic heterocycles. The zero-order valence-electron chi connectivity index (χ0n) is 21.0. The molecule has 0 radical (unpaired) electrons. The minimum atomic E-state index is -0.332. The predicted molar refractivity (Wildman–Crippen MR) is 138 cm³/mol. The smallest absolute Gasteiger partial charge is 0.337 e. The molecule has 3 aromatic rings.